The lowest BCUT2D eigenvalue weighted by Crippen LogP contribution is -2.30. The van der Waals surface area contributed by atoms with Crippen LogP contribution in [0.1, 0.15) is 12.6 Å². The summed E-state index contributed by atoms with van der Waals surface area (Å²) in [4.78, 5) is 15.2. The van der Waals surface area contributed by atoms with Crippen LogP contribution in [0.25, 0.3) is 5.65 Å². The third kappa shape index (κ3) is 2.58. The second-order valence-electron chi connectivity index (χ2n) is 5.70. The molecule has 0 unspecified atom stereocenters. The number of carbonyl (C=O) groups is 1. The molecule has 23 heavy (non-hydrogen) atoms. The Morgan fingerprint density at radius 1 is 1.43 bits per heavy atom. The third-order valence-corrected chi connectivity index (χ3v) is 6.31. The first-order chi connectivity index (χ1) is 10.7. The quantitative estimate of drug-likeness (QED) is 0.878. The molecule has 0 saturated carbocycles. The molecule has 124 valence electrons. The lowest BCUT2D eigenvalue weighted by Gasteiger charge is -2.15. The fourth-order valence-electron chi connectivity index (χ4n) is 2.72. The average molecular weight is 359 g/mol. The molecule has 1 aliphatic heterocycles. The molecule has 2 aromatic rings. The number of hydrogen-bond donors (Lipinski definition) is 1. The number of aromatic nitrogens is 3. The summed E-state index contributed by atoms with van der Waals surface area (Å²) in [6.45, 7) is 3.54. The number of sulfonamides is 1. The molecule has 8 nitrogen and oxygen atoms in total. The van der Waals surface area contributed by atoms with Crippen molar-refractivity contribution in [1.82, 2.24) is 18.9 Å². The largest absolute Gasteiger partial charge is 0.481 e. The second-order valence-corrected chi connectivity index (χ2v) is 8.02. The van der Waals surface area contributed by atoms with Crippen molar-refractivity contribution in [1.29, 1.82) is 0 Å². The van der Waals surface area contributed by atoms with E-state index >= 15 is 0 Å². The zero-order chi connectivity index (χ0) is 16.9. The standard InChI is InChI=1S/C13H15ClN4O4S/c1-7-4-17(6-10(7)13(19)20)23(21,22)9-3-15-12-11(14)8(2)16-18(12)5-9/h3,5,7,10H,4,6H2,1-2H3,(H,19,20)/t7-,10-/m1/s1. The van der Waals surface area contributed by atoms with Crippen molar-refractivity contribution >= 4 is 33.2 Å². The predicted octanol–water partition coefficient (Wildman–Crippen LogP) is 1.03. The Bertz CT molecular complexity index is 895. The van der Waals surface area contributed by atoms with Crippen LogP contribution < -0.4 is 0 Å². The Hall–Kier alpha value is -1.71. The Morgan fingerprint density at radius 2 is 2.13 bits per heavy atom. The van der Waals surface area contributed by atoms with Gasteiger partial charge < -0.3 is 5.11 Å². The topological polar surface area (TPSA) is 105 Å². The summed E-state index contributed by atoms with van der Waals surface area (Å²) in [5, 5.41) is 13.6. The van der Waals surface area contributed by atoms with Crippen molar-refractivity contribution in [2.75, 3.05) is 13.1 Å². The van der Waals surface area contributed by atoms with Gasteiger partial charge in [0, 0.05) is 13.1 Å². The first-order valence-electron chi connectivity index (χ1n) is 6.95. The summed E-state index contributed by atoms with van der Waals surface area (Å²) in [6, 6.07) is 0. The van der Waals surface area contributed by atoms with Gasteiger partial charge in [-0.05, 0) is 12.8 Å². The van der Waals surface area contributed by atoms with Crippen molar-refractivity contribution in [3.8, 4) is 0 Å². The molecule has 2 atom stereocenters. The summed E-state index contributed by atoms with van der Waals surface area (Å²) in [5.41, 5.74) is 0.927. The van der Waals surface area contributed by atoms with E-state index in [-0.39, 0.29) is 23.9 Å². The van der Waals surface area contributed by atoms with E-state index in [2.05, 4.69) is 10.1 Å². The summed E-state index contributed by atoms with van der Waals surface area (Å²) in [6.07, 6.45) is 2.56. The van der Waals surface area contributed by atoms with Gasteiger partial charge in [0.2, 0.25) is 10.0 Å². The van der Waals surface area contributed by atoms with Gasteiger partial charge in [0.05, 0.1) is 24.0 Å². The number of carboxylic acids is 1. The van der Waals surface area contributed by atoms with Gasteiger partial charge >= 0.3 is 5.97 Å². The van der Waals surface area contributed by atoms with E-state index in [1.54, 1.807) is 13.8 Å². The van der Waals surface area contributed by atoms with Crippen LogP contribution in [0.3, 0.4) is 0 Å². The molecule has 3 heterocycles. The molecule has 0 amide bonds. The van der Waals surface area contributed by atoms with Crippen molar-refractivity contribution in [2.24, 2.45) is 11.8 Å². The highest BCUT2D eigenvalue weighted by Crippen LogP contribution is 2.29. The Kier molecular flexibility index (Phi) is 3.81. The molecule has 0 bridgehead atoms. The van der Waals surface area contributed by atoms with Gasteiger partial charge in [0.15, 0.2) is 5.65 Å². The number of fused-ring (bicyclic) bond motifs is 1. The van der Waals surface area contributed by atoms with Gasteiger partial charge in [-0.15, -0.1) is 0 Å². The van der Waals surface area contributed by atoms with Crippen LogP contribution >= 0.6 is 11.6 Å². The van der Waals surface area contributed by atoms with E-state index < -0.39 is 21.9 Å². The van der Waals surface area contributed by atoms with Crippen LogP contribution in [0.2, 0.25) is 5.02 Å². The van der Waals surface area contributed by atoms with Crippen molar-refractivity contribution < 1.29 is 18.3 Å². The summed E-state index contributed by atoms with van der Waals surface area (Å²) < 4.78 is 27.9. The lowest BCUT2D eigenvalue weighted by atomic mass is 9.99. The Balaban J connectivity index is 1.99. The van der Waals surface area contributed by atoms with Gasteiger partial charge in [0.25, 0.3) is 0 Å². The van der Waals surface area contributed by atoms with E-state index in [9.17, 15) is 13.2 Å². The summed E-state index contributed by atoms with van der Waals surface area (Å²) in [7, 11) is -3.83. The first-order valence-corrected chi connectivity index (χ1v) is 8.77. The second kappa shape index (κ2) is 5.43. The molecule has 10 heteroatoms. The maximum absolute atomic E-state index is 12.7. The number of aryl methyl sites for hydroxylation is 1. The zero-order valence-electron chi connectivity index (χ0n) is 12.5. The van der Waals surface area contributed by atoms with E-state index in [1.165, 1.54) is 21.2 Å². The zero-order valence-corrected chi connectivity index (χ0v) is 14.0. The molecule has 1 fully saturated rings. The molecular formula is C13H15ClN4O4S. The minimum absolute atomic E-state index is 0.0394. The third-order valence-electron chi connectivity index (χ3n) is 4.09. The van der Waals surface area contributed by atoms with Crippen molar-refractivity contribution in [2.45, 2.75) is 18.7 Å². The van der Waals surface area contributed by atoms with Gasteiger partial charge in [-0.3, -0.25) is 4.79 Å². The number of hydrogen-bond acceptors (Lipinski definition) is 5. The number of aliphatic carboxylic acids is 1. The Morgan fingerprint density at radius 3 is 2.74 bits per heavy atom. The van der Waals surface area contributed by atoms with E-state index in [1.807, 2.05) is 0 Å². The minimum Gasteiger partial charge on any atom is -0.481 e. The van der Waals surface area contributed by atoms with E-state index in [0.717, 1.165) is 0 Å². The summed E-state index contributed by atoms with van der Waals surface area (Å²) in [5.74, 6) is -1.94. The molecule has 0 aromatic carbocycles. The molecular weight excluding hydrogens is 344 g/mol. The smallest absolute Gasteiger partial charge is 0.308 e. The number of carboxylic acid groups (broad SMARTS) is 1. The van der Waals surface area contributed by atoms with Crippen molar-refractivity contribution in [3.05, 3.63) is 23.1 Å². The van der Waals surface area contributed by atoms with Gasteiger partial charge in [0.1, 0.15) is 9.92 Å². The molecule has 0 aliphatic carbocycles. The molecule has 0 spiro atoms. The molecule has 1 aliphatic rings. The molecule has 1 saturated heterocycles. The molecule has 3 rings (SSSR count). The minimum atomic E-state index is -3.83. The van der Waals surface area contributed by atoms with Crippen LogP contribution in [0.5, 0.6) is 0 Å². The van der Waals surface area contributed by atoms with Crippen LogP contribution in [-0.2, 0) is 14.8 Å². The van der Waals surface area contributed by atoms with Crippen LogP contribution in [0, 0.1) is 18.8 Å². The Labute approximate surface area is 137 Å². The van der Waals surface area contributed by atoms with E-state index in [0.29, 0.717) is 16.4 Å². The number of halogens is 1. The predicted molar refractivity (Wildman–Crippen MR) is 81.8 cm³/mol. The van der Waals surface area contributed by atoms with Gasteiger partial charge in [-0.2, -0.15) is 9.40 Å². The fraction of sp³-hybridized carbons (Fsp3) is 0.462. The average Bonchev–Trinajstić information content (AvgIpc) is 3.00. The van der Waals surface area contributed by atoms with Crippen molar-refractivity contribution in [3.63, 3.8) is 0 Å². The number of nitrogens with zero attached hydrogens (tertiary/aromatic N) is 4. The monoisotopic (exact) mass is 358 g/mol. The summed E-state index contributed by atoms with van der Waals surface area (Å²) >= 11 is 6.04. The maximum Gasteiger partial charge on any atom is 0.308 e. The van der Waals surface area contributed by atoms with E-state index in [4.69, 9.17) is 16.7 Å². The first kappa shape index (κ1) is 16.2. The maximum atomic E-state index is 12.7. The normalized spacial score (nSPS) is 22.7. The lowest BCUT2D eigenvalue weighted by molar-refractivity contribution is -0.142. The van der Waals surface area contributed by atoms with Crippen LogP contribution in [-0.4, -0.2) is 51.5 Å². The van der Waals surface area contributed by atoms with Gasteiger partial charge in [-0.1, -0.05) is 18.5 Å². The van der Waals surface area contributed by atoms with Gasteiger partial charge in [-0.25, -0.2) is 17.9 Å². The van der Waals surface area contributed by atoms with Crippen LogP contribution in [0.15, 0.2) is 17.3 Å². The van der Waals surface area contributed by atoms with Crippen LogP contribution in [0.4, 0.5) is 0 Å². The number of rotatable bonds is 3. The highest BCUT2D eigenvalue weighted by atomic mass is 35.5. The molecule has 2 aromatic heterocycles. The highest BCUT2D eigenvalue weighted by molar-refractivity contribution is 7.89. The molecule has 0 radical (unpaired) electrons. The highest BCUT2D eigenvalue weighted by Gasteiger charge is 2.41. The fourth-order valence-corrected chi connectivity index (χ4v) is 4.40. The SMILES string of the molecule is Cc1nn2cc(S(=O)(=O)N3C[C@@H](C)[C@H](C(=O)O)C3)cnc2c1Cl. The molecule has 1 N–H and O–H groups in total.